The molecular weight excluding hydrogens is 326 g/mol. The van der Waals surface area contributed by atoms with Crippen LogP contribution in [0.4, 0.5) is 5.69 Å². The predicted molar refractivity (Wildman–Crippen MR) is 99.0 cm³/mol. The fourth-order valence-corrected chi connectivity index (χ4v) is 2.73. The second kappa shape index (κ2) is 6.98. The number of tetrazole rings is 1. The highest BCUT2D eigenvalue weighted by Gasteiger charge is 2.12. The maximum atomic E-state index is 12.8. The van der Waals surface area contributed by atoms with E-state index in [4.69, 9.17) is 0 Å². The average Bonchev–Trinajstić information content (AvgIpc) is 3.24. The average molecular weight is 341 g/mol. The normalized spacial score (nSPS) is 10.5. The number of carbonyl (C=O) groups excluding carboxylic acids is 1. The first kappa shape index (κ1) is 15.7. The summed E-state index contributed by atoms with van der Waals surface area (Å²) in [6.45, 7) is 0. The largest absolute Gasteiger partial charge is 0.322 e. The molecule has 126 valence electrons. The third-order valence-electron chi connectivity index (χ3n) is 4.00. The van der Waals surface area contributed by atoms with Crippen LogP contribution in [0.15, 0.2) is 85.2 Å². The van der Waals surface area contributed by atoms with Crippen LogP contribution in [-0.4, -0.2) is 26.1 Å². The van der Waals surface area contributed by atoms with Gasteiger partial charge in [0, 0.05) is 11.3 Å². The van der Waals surface area contributed by atoms with Crippen LogP contribution in [0.5, 0.6) is 0 Å². The lowest BCUT2D eigenvalue weighted by molar-refractivity contribution is 0.102. The summed E-state index contributed by atoms with van der Waals surface area (Å²) in [5.41, 5.74) is 4.05. The van der Waals surface area contributed by atoms with Crippen molar-refractivity contribution in [3.8, 4) is 16.8 Å². The zero-order valence-corrected chi connectivity index (χ0v) is 13.8. The minimum absolute atomic E-state index is 0.153. The van der Waals surface area contributed by atoms with Gasteiger partial charge in [-0.25, -0.2) is 4.68 Å². The van der Waals surface area contributed by atoms with Gasteiger partial charge < -0.3 is 5.32 Å². The minimum Gasteiger partial charge on any atom is -0.322 e. The second-order valence-corrected chi connectivity index (χ2v) is 5.67. The fourth-order valence-electron chi connectivity index (χ4n) is 2.73. The number of hydrogen-bond acceptors (Lipinski definition) is 4. The molecule has 0 unspecified atom stereocenters. The number of nitrogens with zero attached hydrogens (tertiary/aromatic N) is 4. The molecule has 0 aliphatic heterocycles. The van der Waals surface area contributed by atoms with Gasteiger partial charge in [0.2, 0.25) is 0 Å². The van der Waals surface area contributed by atoms with Crippen molar-refractivity contribution in [3.63, 3.8) is 0 Å². The van der Waals surface area contributed by atoms with Crippen molar-refractivity contribution in [1.29, 1.82) is 0 Å². The Morgan fingerprint density at radius 1 is 0.846 bits per heavy atom. The Balaban J connectivity index is 1.58. The van der Waals surface area contributed by atoms with Gasteiger partial charge in [0.15, 0.2) is 0 Å². The molecule has 0 spiro atoms. The van der Waals surface area contributed by atoms with Crippen molar-refractivity contribution in [2.75, 3.05) is 5.32 Å². The van der Waals surface area contributed by atoms with Crippen LogP contribution >= 0.6 is 0 Å². The summed E-state index contributed by atoms with van der Waals surface area (Å²) in [4.78, 5) is 12.8. The summed E-state index contributed by atoms with van der Waals surface area (Å²) in [5, 5.41) is 14.0. The Kier molecular flexibility index (Phi) is 4.22. The quantitative estimate of drug-likeness (QED) is 0.616. The number of benzene rings is 3. The molecular formula is C20H15N5O. The van der Waals surface area contributed by atoms with Gasteiger partial charge in [-0.3, -0.25) is 4.79 Å². The van der Waals surface area contributed by atoms with E-state index in [-0.39, 0.29) is 5.91 Å². The summed E-state index contributed by atoms with van der Waals surface area (Å²) >= 11 is 0. The first-order valence-electron chi connectivity index (χ1n) is 8.10. The van der Waals surface area contributed by atoms with E-state index < -0.39 is 0 Å². The Morgan fingerprint density at radius 3 is 2.31 bits per heavy atom. The van der Waals surface area contributed by atoms with Crippen molar-refractivity contribution in [1.82, 2.24) is 20.2 Å². The lowest BCUT2D eigenvalue weighted by Crippen LogP contribution is -2.13. The molecule has 1 heterocycles. The van der Waals surface area contributed by atoms with Crippen molar-refractivity contribution in [2.24, 2.45) is 0 Å². The van der Waals surface area contributed by atoms with Crippen LogP contribution in [0.3, 0.4) is 0 Å². The Morgan fingerprint density at radius 2 is 1.58 bits per heavy atom. The molecule has 0 fully saturated rings. The van der Waals surface area contributed by atoms with Gasteiger partial charge in [-0.15, -0.1) is 5.10 Å². The van der Waals surface area contributed by atoms with E-state index in [0.29, 0.717) is 11.3 Å². The number of rotatable bonds is 4. The molecule has 0 aliphatic rings. The van der Waals surface area contributed by atoms with E-state index in [9.17, 15) is 4.79 Å². The van der Waals surface area contributed by atoms with Crippen LogP contribution in [-0.2, 0) is 0 Å². The number of carbonyl (C=O) groups is 1. The van der Waals surface area contributed by atoms with Crippen molar-refractivity contribution in [3.05, 3.63) is 90.8 Å². The molecule has 1 aromatic heterocycles. The first-order chi connectivity index (χ1) is 12.8. The number of nitrogens with one attached hydrogen (secondary N) is 1. The summed E-state index contributed by atoms with van der Waals surface area (Å²) in [6, 6.07) is 24.8. The number of aromatic nitrogens is 4. The topological polar surface area (TPSA) is 72.7 Å². The van der Waals surface area contributed by atoms with Gasteiger partial charge in [0.05, 0.1) is 5.69 Å². The lowest BCUT2D eigenvalue weighted by Gasteiger charge is -2.11. The zero-order chi connectivity index (χ0) is 17.8. The molecule has 0 saturated heterocycles. The van der Waals surface area contributed by atoms with E-state index in [1.165, 1.54) is 6.33 Å². The van der Waals surface area contributed by atoms with Gasteiger partial charge in [-0.2, -0.15) is 0 Å². The molecule has 6 heteroatoms. The van der Waals surface area contributed by atoms with Crippen molar-refractivity contribution in [2.45, 2.75) is 0 Å². The standard InChI is InChI=1S/C20H15N5O/c26-20(19-9-5-4-8-18(19)15-6-2-1-3-7-15)22-16-10-12-17(13-11-16)25-14-21-23-24-25/h1-14H,(H,22,26). The Bertz CT molecular complexity index is 1010. The smallest absolute Gasteiger partial charge is 0.256 e. The molecule has 0 saturated carbocycles. The Hall–Kier alpha value is -3.80. The number of hydrogen-bond donors (Lipinski definition) is 1. The fraction of sp³-hybridized carbons (Fsp3) is 0. The van der Waals surface area contributed by atoms with Crippen LogP contribution in [0.25, 0.3) is 16.8 Å². The van der Waals surface area contributed by atoms with E-state index in [1.54, 1.807) is 4.68 Å². The maximum Gasteiger partial charge on any atom is 0.256 e. The van der Waals surface area contributed by atoms with Gasteiger partial charge in [-0.1, -0.05) is 48.5 Å². The molecule has 6 nitrogen and oxygen atoms in total. The summed E-state index contributed by atoms with van der Waals surface area (Å²) in [5.74, 6) is -0.153. The van der Waals surface area contributed by atoms with E-state index in [1.807, 2.05) is 78.9 Å². The summed E-state index contributed by atoms with van der Waals surface area (Å²) < 4.78 is 1.55. The molecule has 3 aromatic carbocycles. The van der Waals surface area contributed by atoms with Gasteiger partial charge in [0.25, 0.3) is 5.91 Å². The van der Waals surface area contributed by atoms with E-state index in [0.717, 1.165) is 16.8 Å². The van der Waals surface area contributed by atoms with Crippen molar-refractivity contribution < 1.29 is 4.79 Å². The molecule has 0 radical (unpaired) electrons. The van der Waals surface area contributed by atoms with Crippen LogP contribution in [0.2, 0.25) is 0 Å². The number of anilines is 1. The SMILES string of the molecule is O=C(Nc1ccc(-n2cnnn2)cc1)c1ccccc1-c1ccccc1. The molecule has 1 amide bonds. The first-order valence-corrected chi connectivity index (χ1v) is 8.10. The zero-order valence-electron chi connectivity index (χ0n) is 13.8. The second-order valence-electron chi connectivity index (χ2n) is 5.67. The molecule has 4 aromatic rings. The molecule has 0 aliphatic carbocycles. The minimum atomic E-state index is -0.153. The lowest BCUT2D eigenvalue weighted by atomic mass is 9.99. The third kappa shape index (κ3) is 3.21. The van der Waals surface area contributed by atoms with Gasteiger partial charge in [-0.05, 0) is 51.9 Å². The van der Waals surface area contributed by atoms with Gasteiger partial charge >= 0.3 is 0 Å². The molecule has 4 rings (SSSR count). The molecule has 0 atom stereocenters. The van der Waals surface area contributed by atoms with E-state index >= 15 is 0 Å². The Labute approximate surface area is 150 Å². The monoisotopic (exact) mass is 341 g/mol. The van der Waals surface area contributed by atoms with Crippen molar-refractivity contribution >= 4 is 11.6 Å². The van der Waals surface area contributed by atoms with Crippen LogP contribution in [0.1, 0.15) is 10.4 Å². The molecule has 26 heavy (non-hydrogen) atoms. The van der Waals surface area contributed by atoms with Gasteiger partial charge in [0.1, 0.15) is 6.33 Å². The highest BCUT2D eigenvalue weighted by Crippen LogP contribution is 2.24. The predicted octanol–water partition coefficient (Wildman–Crippen LogP) is 3.58. The maximum absolute atomic E-state index is 12.8. The van der Waals surface area contributed by atoms with E-state index in [2.05, 4.69) is 20.8 Å². The third-order valence-corrected chi connectivity index (χ3v) is 4.00. The highest BCUT2D eigenvalue weighted by molar-refractivity contribution is 6.08. The summed E-state index contributed by atoms with van der Waals surface area (Å²) in [6.07, 6.45) is 1.52. The van der Waals surface area contributed by atoms with Crippen LogP contribution < -0.4 is 5.32 Å². The molecule has 0 bridgehead atoms. The number of amides is 1. The summed E-state index contributed by atoms with van der Waals surface area (Å²) in [7, 11) is 0. The molecule has 1 N–H and O–H groups in total. The van der Waals surface area contributed by atoms with Crippen LogP contribution in [0, 0.1) is 0 Å². The highest BCUT2D eigenvalue weighted by atomic mass is 16.1.